The van der Waals surface area contributed by atoms with Gasteiger partial charge in [-0.25, -0.2) is 0 Å². The normalized spacial score (nSPS) is 29.9. The molecule has 3 heteroatoms. The third kappa shape index (κ3) is 2.46. The van der Waals surface area contributed by atoms with E-state index in [2.05, 4.69) is 47.5 Å². The van der Waals surface area contributed by atoms with Crippen LogP contribution in [0.2, 0.25) is 0 Å². The molecule has 0 bridgehead atoms. The minimum Gasteiger partial charge on any atom is -0.300 e. The Hall–Kier alpha value is -1.37. The standard InChI is InChI=1S/C17H23N3/c1-2-19-17(13-18)9-5-8-16(10-17)20-11-14-6-3-4-7-15(14)12-20/h3-4,6-7,16,19H,2,5,8-12H2,1H3. The van der Waals surface area contributed by atoms with Crippen molar-refractivity contribution in [1.29, 1.82) is 5.26 Å². The Morgan fingerprint density at radius 3 is 2.65 bits per heavy atom. The van der Waals surface area contributed by atoms with E-state index in [1.165, 1.54) is 17.5 Å². The molecule has 1 aromatic rings. The summed E-state index contributed by atoms with van der Waals surface area (Å²) in [4.78, 5) is 2.56. The van der Waals surface area contributed by atoms with Gasteiger partial charge in [-0.2, -0.15) is 5.26 Å². The molecule has 1 fully saturated rings. The van der Waals surface area contributed by atoms with Gasteiger partial charge in [-0.15, -0.1) is 0 Å². The number of rotatable bonds is 3. The van der Waals surface area contributed by atoms with E-state index in [1.807, 2.05) is 0 Å². The van der Waals surface area contributed by atoms with Gasteiger partial charge in [-0.3, -0.25) is 10.2 Å². The number of hydrogen-bond acceptors (Lipinski definition) is 3. The van der Waals surface area contributed by atoms with Crippen molar-refractivity contribution in [3.63, 3.8) is 0 Å². The molecule has 2 unspecified atom stereocenters. The van der Waals surface area contributed by atoms with Crippen LogP contribution in [0.4, 0.5) is 0 Å². The molecule has 2 aliphatic rings. The first kappa shape index (κ1) is 13.6. The number of nitrogens with one attached hydrogen (secondary N) is 1. The Balaban J connectivity index is 1.72. The summed E-state index contributed by atoms with van der Waals surface area (Å²) in [5, 5.41) is 13.0. The molecule has 3 rings (SSSR count). The average molecular weight is 269 g/mol. The van der Waals surface area contributed by atoms with Gasteiger partial charge >= 0.3 is 0 Å². The first-order chi connectivity index (χ1) is 9.76. The number of fused-ring (bicyclic) bond motifs is 1. The fourth-order valence-electron chi connectivity index (χ4n) is 3.82. The van der Waals surface area contributed by atoms with Crippen LogP contribution in [0.15, 0.2) is 24.3 Å². The second-order valence-corrected chi connectivity index (χ2v) is 6.15. The molecule has 1 aromatic carbocycles. The first-order valence-electron chi connectivity index (χ1n) is 7.73. The van der Waals surface area contributed by atoms with Crippen LogP contribution >= 0.6 is 0 Å². The van der Waals surface area contributed by atoms with E-state index in [0.29, 0.717) is 6.04 Å². The van der Waals surface area contributed by atoms with Crippen molar-refractivity contribution in [1.82, 2.24) is 10.2 Å². The molecule has 3 nitrogen and oxygen atoms in total. The van der Waals surface area contributed by atoms with Crippen molar-refractivity contribution in [2.24, 2.45) is 0 Å². The van der Waals surface area contributed by atoms with Gasteiger partial charge in [-0.05, 0) is 43.4 Å². The number of nitrogens with zero attached hydrogens (tertiary/aromatic N) is 2. The largest absolute Gasteiger partial charge is 0.300 e. The van der Waals surface area contributed by atoms with E-state index in [1.54, 1.807) is 0 Å². The second kappa shape index (κ2) is 5.55. The smallest absolute Gasteiger partial charge is 0.108 e. The molecule has 106 valence electrons. The molecule has 0 saturated heterocycles. The first-order valence-corrected chi connectivity index (χ1v) is 7.73. The Morgan fingerprint density at radius 2 is 2.05 bits per heavy atom. The van der Waals surface area contributed by atoms with Gasteiger partial charge in [0.25, 0.3) is 0 Å². The van der Waals surface area contributed by atoms with Gasteiger partial charge in [0, 0.05) is 19.1 Å². The molecule has 20 heavy (non-hydrogen) atoms. The fraction of sp³-hybridized carbons (Fsp3) is 0.588. The highest BCUT2D eigenvalue weighted by atomic mass is 15.2. The summed E-state index contributed by atoms with van der Waals surface area (Å²) < 4.78 is 0. The molecular formula is C17H23N3. The van der Waals surface area contributed by atoms with E-state index >= 15 is 0 Å². The third-order valence-electron chi connectivity index (χ3n) is 4.84. The molecule has 1 aliphatic carbocycles. The molecule has 0 radical (unpaired) electrons. The summed E-state index contributed by atoms with van der Waals surface area (Å²) in [5.41, 5.74) is 2.63. The van der Waals surface area contributed by atoms with Gasteiger partial charge in [0.1, 0.15) is 5.54 Å². The minimum absolute atomic E-state index is 0.299. The summed E-state index contributed by atoms with van der Waals surface area (Å²) >= 11 is 0. The van der Waals surface area contributed by atoms with Crippen LogP contribution in [0.1, 0.15) is 43.7 Å². The van der Waals surface area contributed by atoms with Crippen LogP contribution in [0.25, 0.3) is 0 Å². The zero-order chi connectivity index (χ0) is 14.0. The van der Waals surface area contributed by atoms with Crippen LogP contribution in [0, 0.1) is 11.3 Å². The molecule has 0 aromatic heterocycles. The maximum absolute atomic E-state index is 9.58. The summed E-state index contributed by atoms with van der Waals surface area (Å²) in [6, 6.07) is 11.8. The lowest BCUT2D eigenvalue weighted by Crippen LogP contribution is -2.51. The predicted molar refractivity (Wildman–Crippen MR) is 80.0 cm³/mol. The summed E-state index contributed by atoms with van der Waals surface area (Å²) in [7, 11) is 0. The maximum atomic E-state index is 9.58. The van der Waals surface area contributed by atoms with Gasteiger partial charge in [-0.1, -0.05) is 31.2 Å². The van der Waals surface area contributed by atoms with E-state index in [0.717, 1.165) is 38.9 Å². The van der Waals surface area contributed by atoms with E-state index in [-0.39, 0.29) is 5.54 Å². The second-order valence-electron chi connectivity index (χ2n) is 6.15. The molecule has 1 N–H and O–H groups in total. The molecule has 1 heterocycles. The van der Waals surface area contributed by atoms with Gasteiger partial charge in [0.15, 0.2) is 0 Å². The Morgan fingerprint density at radius 1 is 1.35 bits per heavy atom. The van der Waals surface area contributed by atoms with Crippen molar-refractivity contribution in [3.05, 3.63) is 35.4 Å². The van der Waals surface area contributed by atoms with Crippen LogP contribution in [0.3, 0.4) is 0 Å². The lowest BCUT2D eigenvalue weighted by atomic mass is 9.79. The van der Waals surface area contributed by atoms with Crippen LogP contribution < -0.4 is 5.32 Å². The number of benzene rings is 1. The monoisotopic (exact) mass is 269 g/mol. The summed E-state index contributed by atoms with van der Waals surface area (Å²) in [6.07, 6.45) is 4.33. The van der Waals surface area contributed by atoms with Crippen LogP contribution in [-0.2, 0) is 13.1 Å². The van der Waals surface area contributed by atoms with Crippen molar-refractivity contribution in [2.75, 3.05) is 6.54 Å². The SMILES string of the molecule is CCNC1(C#N)CCCC(N2Cc3ccccc3C2)C1. The number of nitriles is 1. The number of hydrogen-bond donors (Lipinski definition) is 1. The molecular weight excluding hydrogens is 246 g/mol. The van der Waals surface area contributed by atoms with Gasteiger partial charge < -0.3 is 0 Å². The third-order valence-corrected chi connectivity index (χ3v) is 4.84. The van der Waals surface area contributed by atoms with Crippen LogP contribution in [-0.4, -0.2) is 23.0 Å². The maximum Gasteiger partial charge on any atom is 0.108 e. The van der Waals surface area contributed by atoms with Crippen molar-refractivity contribution < 1.29 is 0 Å². The van der Waals surface area contributed by atoms with E-state index < -0.39 is 0 Å². The topological polar surface area (TPSA) is 39.1 Å². The molecule has 1 saturated carbocycles. The molecule has 2 atom stereocenters. The average Bonchev–Trinajstić information content (AvgIpc) is 2.92. The lowest BCUT2D eigenvalue weighted by Gasteiger charge is -2.40. The summed E-state index contributed by atoms with van der Waals surface area (Å²) in [5.74, 6) is 0. The Labute approximate surface area is 121 Å². The lowest BCUT2D eigenvalue weighted by molar-refractivity contribution is 0.119. The molecule has 1 aliphatic heterocycles. The summed E-state index contributed by atoms with van der Waals surface area (Å²) in [6.45, 7) is 5.07. The van der Waals surface area contributed by atoms with E-state index in [4.69, 9.17) is 0 Å². The molecule has 0 spiro atoms. The van der Waals surface area contributed by atoms with Crippen molar-refractivity contribution in [3.8, 4) is 6.07 Å². The zero-order valence-electron chi connectivity index (χ0n) is 12.2. The highest BCUT2D eigenvalue weighted by molar-refractivity contribution is 5.30. The van der Waals surface area contributed by atoms with Gasteiger partial charge in [0.05, 0.1) is 6.07 Å². The van der Waals surface area contributed by atoms with Crippen LogP contribution in [0.5, 0.6) is 0 Å². The fourth-order valence-corrected chi connectivity index (χ4v) is 3.82. The highest BCUT2D eigenvalue weighted by Gasteiger charge is 2.39. The van der Waals surface area contributed by atoms with Crippen molar-refractivity contribution >= 4 is 0 Å². The van der Waals surface area contributed by atoms with Crippen molar-refractivity contribution in [2.45, 2.75) is 57.3 Å². The Bertz CT molecular complexity index is 490. The zero-order valence-corrected chi connectivity index (χ0v) is 12.2. The predicted octanol–water partition coefficient (Wildman–Crippen LogP) is 2.82. The van der Waals surface area contributed by atoms with E-state index in [9.17, 15) is 5.26 Å². The van der Waals surface area contributed by atoms with Gasteiger partial charge in [0.2, 0.25) is 0 Å². The Kier molecular flexibility index (Phi) is 3.78. The molecule has 0 amide bonds. The quantitative estimate of drug-likeness (QED) is 0.917. The minimum atomic E-state index is -0.299. The highest BCUT2D eigenvalue weighted by Crippen LogP contribution is 2.35.